The van der Waals surface area contributed by atoms with E-state index >= 15 is 0 Å². The van der Waals surface area contributed by atoms with Crippen LogP contribution in [0, 0.1) is 0 Å². The monoisotopic (exact) mass is 538 g/mol. The summed E-state index contributed by atoms with van der Waals surface area (Å²) in [5.74, 6) is 0. The molecule has 6 aromatic carbocycles. The third kappa shape index (κ3) is 5.99. The summed E-state index contributed by atoms with van der Waals surface area (Å²) < 4.78 is 0. The van der Waals surface area contributed by atoms with Crippen molar-refractivity contribution in [3.8, 4) is 11.1 Å². The summed E-state index contributed by atoms with van der Waals surface area (Å²) in [4.78, 5) is 0. The van der Waals surface area contributed by atoms with Crippen LogP contribution < -0.4 is 0 Å². The highest BCUT2D eigenvalue weighted by Gasteiger charge is 2.19. The van der Waals surface area contributed by atoms with Gasteiger partial charge in [-0.3, -0.25) is 0 Å². The van der Waals surface area contributed by atoms with Gasteiger partial charge >= 0.3 is 0 Å². The molecule has 0 unspecified atom stereocenters. The molecule has 0 aliphatic heterocycles. The van der Waals surface area contributed by atoms with Crippen LogP contribution in [0.15, 0.2) is 91.0 Å². The fraction of sp³-hybridized carbons (Fsp3) is 0.366. The van der Waals surface area contributed by atoms with Gasteiger partial charge < -0.3 is 0 Å². The number of aryl methyl sites for hydroxylation is 1. The molecule has 6 rings (SSSR count). The van der Waals surface area contributed by atoms with Gasteiger partial charge in [-0.15, -0.1) is 0 Å². The summed E-state index contributed by atoms with van der Waals surface area (Å²) in [6.07, 6.45) is 19.3. The smallest absolute Gasteiger partial charge is 0.00113 e. The SMILES string of the molecule is CCCCCCCCCCCCCCCc1cc2cccc3c4cccc5cccc(c(c1-c1ccccc1)c23)c54. The Bertz CT molecular complexity index is 1690. The van der Waals surface area contributed by atoms with Crippen LogP contribution in [0.1, 0.15) is 96.0 Å². The van der Waals surface area contributed by atoms with Gasteiger partial charge in [0.25, 0.3) is 0 Å². The summed E-state index contributed by atoms with van der Waals surface area (Å²) >= 11 is 0. The summed E-state index contributed by atoms with van der Waals surface area (Å²) in [7, 11) is 0. The van der Waals surface area contributed by atoms with Crippen LogP contribution in [0.5, 0.6) is 0 Å². The molecule has 41 heavy (non-hydrogen) atoms. The average Bonchev–Trinajstić information content (AvgIpc) is 3.02. The highest BCUT2D eigenvalue weighted by Crippen LogP contribution is 2.45. The zero-order valence-corrected chi connectivity index (χ0v) is 25.1. The molecule has 0 radical (unpaired) electrons. The third-order valence-corrected chi connectivity index (χ3v) is 9.32. The molecule has 0 saturated carbocycles. The van der Waals surface area contributed by atoms with Crippen LogP contribution in [-0.2, 0) is 6.42 Å². The van der Waals surface area contributed by atoms with Crippen LogP contribution in [-0.4, -0.2) is 0 Å². The van der Waals surface area contributed by atoms with Gasteiger partial charge in [0.2, 0.25) is 0 Å². The molecule has 210 valence electrons. The van der Waals surface area contributed by atoms with Gasteiger partial charge in [0.05, 0.1) is 0 Å². The fourth-order valence-corrected chi connectivity index (χ4v) is 7.25. The minimum Gasteiger partial charge on any atom is -0.0654 e. The quantitative estimate of drug-likeness (QED) is 0.0693. The first-order chi connectivity index (χ1) is 20.4. The van der Waals surface area contributed by atoms with Crippen LogP contribution >= 0.6 is 0 Å². The van der Waals surface area contributed by atoms with Crippen molar-refractivity contribution in [3.05, 3.63) is 96.6 Å². The van der Waals surface area contributed by atoms with Crippen molar-refractivity contribution < 1.29 is 0 Å². The zero-order chi connectivity index (χ0) is 27.9. The minimum absolute atomic E-state index is 1.15. The first-order valence-electron chi connectivity index (χ1n) is 16.5. The van der Waals surface area contributed by atoms with Crippen molar-refractivity contribution in [2.45, 2.75) is 96.8 Å². The molecule has 0 fully saturated rings. The van der Waals surface area contributed by atoms with Crippen LogP contribution in [0.25, 0.3) is 54.2 Å². The molecule has 6 aromatic rings. The van der Waals surface area contributed by atoms with Crippen molar-refractivity contribution in [3.63, 3.8) is 0 Å². The Balaban J connectivity index is 1.23. The lowest BCUT2D eigenvalue weighted by Crippen LogP contribution is -1.96. The first-order valence-corrected chi connectivity index (χ1v) is 16.5. The molecular formula is C41H46. The Hall–Kier alpha value is -3.38. The number of fused-ring (bicyclic) bond motifs is 2. The Morgan fingerprint density at radius 3 is 1.59 bits per heavy atom. The minimum atomic E-state index is 1.15. The number of hydrogen-bond donors (Lipinski definition) is 0. The van der Waals surface area contributed by atoms with E-state index in [1.165, 1.54) is 143 Å². The molecule has 0 aliphatic rings. The van der Waals surface area contributed by atoms with Crippen LogP contribution in [0.3, 0.4) is 0 Å². The lowest BCUT2D eigenvalue weighted by atomic mass is 9.83. The Morgan fingerprint density at radius 2 is 0.951 bits per heavy atom. The first kappa shape index (κ1) is 27.8. The van der Waals surface area contributed by atoms with Crippen LogP contribution in [0.2, 0.25) is 0 Å². The molecule has 0 bridgehead atoms. The molecule has 0 saturated heterocycles. The van der Waals surface area contributed by atoms with E-state index in [1.807, 2.05) is 0 Å². The lowest BCUT2D eigenvalue weighted by molar-refractivity contribution is 0.539. The van der Waals surface area contributed by atoms with E-state index in [0.717, 1.165) is 6.42 Å². The van der Waals surface area contributed by atoms with E-state index < -0.39 is 0 Å². The van der Waals surface area contributed by atoms with Gasteiger partial charge in [-0.1, -0.05) is 175 Å². The van der Waals surface area contributed by atoms with E-state index in [4.69, 9.17) is 0 Å². The van der Waals surface area contributed by atoms with E-state index in [0.29, 0.717) is 0 Å². The zero-order valence-electron chi connectivity index (χ0n) is 25.1. The average molecular weight is 539 g/mol. The van der Waals surface area contributed by atoms with Gasteiger partial charge in [-0.05, 0) is 72.6 Å². The van der Waals surface area contributed by atoms with Gasteiger partial charge in [-0.25, -0.2) is 0 Å². The molecule has 0 amide bonds. The number of unbranched alkanes of at least 4 members (excludes halogenated alkanes) is 12. The lowest BCUT2D eigenvalue weighted by Gasteiger charge is -2.20. The molecule has 0 nitrogen and oxygen atoms in total. The maximum atomic E-state index is 2.51. The van der Waals surface area contributed by atoms with E-state index in [1.54, 1.807) is 0 Å². The van der Waals surface area contributed by atoms with Gasteiger partial charge in [0.15, 0.2) is 0 Å². The fourth-order valence-electron chi connectivity index (χ4n) is 7.25. The van der Waals surface area contributed by atoms with E-state index in [9.17, 15) is 0 Å². The highest BCUT2D eigenvalue weighted by molar-refractivity contribution is 6.35. The van der Waals surface area contributed by atoms with E-state index in [2.05, 4.69) is 97.9 Å². The van der Waals surface area contributed by atoms with Gasteiger partial charge in [0, 0.05) is 0 Å². The Labute approximate surface area is 247 Å². The molecule has 0 aromatic heterocycles. The number of hydrogen-bond acceptors (Lipinski definition) is 0. The molecule has 0 heteroatoms. The number of benzene rings is 6. The van der Waals surface area contributed by atoms with Crippen LogP contribution in [0.4, 0.5) is 0 Å². The summed E-state index contributed by atoms with van der Waals surface area (Å²) in [5.41, 5.74) is 4.31. The van der Waals surface area contributed by atoms with Crippen molar-refractivity contribution in [1.29, 1.82) is 0 Å². The molecule has 0 spiro atoms. The Morgan fingerprint density at radius 1 is 0.415 bits per heavy atom. The predicted octanol–water partition coefficient (Wildman–Crippen LogP) is 13.0. The second-order valence-corrected chi connectivity index (χ2v) is 12.3. The summed E-state index contributed by atoms with van der Waals surface area (Å²) in [5, 5.41) is 11.1. The maximum absolute atomic E-state index is 2.51. The molecule has 0 atom stereocenters. The maximum Gasteiger partial charge on any atom is -0.00113 e. The van der Waals surface area contributed by atoms with Gasteiger partial charge in [-0.2, -0.15) is 0 Å². The Kier molecular flexibility index (Phi) is 9.16. The highest BCUT2D eigenvalue weighted by atomic mass is 14.2. The van der Waals surface area contributed by atoms with E-state index in [-0.39, 0.29) is 0 Å². The standard InChI is InChI=1S/C41H46/c1-2-3-4-5-6-7-8-9-10-11-12-13-15-23-33-30-34-26-20-28-36-35-27-18-24-32-25-19-29-37(39(32)35)41(40(34)36)38(33)31-21-16-14-17-22-31/h14,16-22,24-30H,2-13,15,23H2,1H3. The predicted molar refractivity (Wildman–Crippen MR) is 182 cm³/mol. The second-order valence-electron chi connectivity index (χ2n) is 12.3. The van der Waals surface area contributed by atoms with Crippen molar-refractivity contribution >= 4 is 43.1 Å². The van der Waals surface area contributed by atoms with Crippen molar-refractivity contribution in [2.75, 3.05) is 0 Å². The summed E-state index contributed by atoms with van der Waals surface area (Å²) in [6, 6.07) is 34.3. The molecule has 0 N–H and O–H groups in total. The molecule has 0 heterocycles. The second kappa shape index (κ2) is 13.5. The van der Waals surface area contributed by atoms with Crippen molar-refractivity contribution in [1.82, 2.24) is 0 Å². The normalized spacial score (nSPS) is 11.9. The molecule has 0 aliphatic carbocycles. The topological polar surface area (TPSA) is 0 Å². The largest absolute Gasteiger partial charge is 0.0654 e. The molecular weight excluding hydrogens is 492 g/mol. The third-order valence-electron chi connectivity index (χ3n) is 9.32. The number of rotatable bonds is 15. The summed E-state index contributed by atoms with van der Waals surface area (Å²) in [6.45, 7) is 2.30. The van der Waals surface area contributed by atoms with Gasteiger partial charge in [0.1, 0.15) is 0 Å². The van der Waals surface area contributed by atoms with Crippen molar-refractivity contribution in [2.24, 2.45) is 0 Å².